The molecule has 45 heavy (non-hydrogen) atoms. The lowest BCUT2D eigenvalue weighted by molar-refractivity contribution is -0.126. The molecule has 2 aromatic rings. The van der Waals surface area contributed by atoms with E-state index in [4.69, 9.17) is 5.73 Å². The molecule has 2 amide bonds. The van der Waals surface area contributed by atoms with Gasteiger partial charge >= 0.3 is 0 Å². The number of carbonyl (C=O) groups excluding carboxylic acids is 2. The van der Waals surface area contributed by atoms with Gasteiger partial charge in [0.2, 0.25) is 5.91 Å². The molecule has 0 radical (unpaired) electrons. The van der Waals surface area contributed by atoms with Crippen LogP contribution in [0.4, 0.5) is 10.1 Å². The van der Waals surface area contributed by atoms with Gasteiger partial charge in [-0.2, -0.15) is 0 Å². The smallest absolute Gasteiger partial charge is 0.253 e. The standard InChI is InChI=1S/C34H48FN5O4S/c1-34(2)20-29-31(45(43,44)21-34)25-8-7-9-27(25)40(29)24-18-26(35)30(32(36)41)28(19-24)38(3)23-12-10-22(11-13-23)33(42)37-14-17-39-15-5-4-6-16-39/h18-19,22-23H,4-17,20-21H2,1-3H3,(H2,36,41)(H,37,42). The zero-order valence-electron chi connectivity index (χ0n) is 27.0. The minimum atomic E-state index is -3.50. The van der Waals surface area contributed by atoms with Crippen molar-refractivity contribution in [3.8, 4) is 5.69 Å². The van der Waals surface area contributed by atoms with Crippen LogP contribution in [0.15, 0.2) is 17.0 Å². The number of amides is 2. The molecule has 0 unspecified atom stereocenters. The van der Waals surface area contributed by atoms with Crippen LogP contribution < -0.4 is 16.0 Å². The average Bonchev–Trinajstić information content (AvgIpc) is 3.56. The van der Waals surface area contributed by atoms with Gasteiger partial charge in [0.25, 0.3) is 5.91 Å². The number of hydrogen-bond acceptors (Lipinski definition) is 6. The van der Waals surface area contributed by atoms with Gasteiger partial charge in [0.05, 0.1) is 27.6 Å². The molecular weight excluding hydrogens is 593 g/mol. The van der Waals surface area contributed by atoms with Gasteiger partial charge in [-0.05, 0) is 100 Å². The van der Waals surface area contributed by atoms with Crippen molar-refractivity contribution in [3.63, 3.8) is 0 Å². The largest absolute Gasteiger partial charge is 0.371 e. The molecule has 1 aromatic heterocycles. The van der Waals surface area contributed by atoms with E-state index >= 15 is 4.39 Å². The first-order valence-corrected chi connectivity index (χ1v) is 18.4. The normalized spacial score (nSPS) is 24.1. The summed E-state index contributed by atoms with van der Waals surface area (Å²) in [5.41, 5.74) is 8.54. The van der Waals surface area contributed by atoms with Crippen molar-refractivity contribution in [1.82, 2.24) is 14.8 Å². The molecule has 2 fully saturated rings. The number of carbonyl (C=O) groups is 2. The predicted molar refractivity (Wildman–Crippen MR) is 173 cm³/mol. The van der Waals surface area contributed by atoms with Crippen molar-refractivity contribution >= 4 is 27.3 Å². The third-order valence-electron chi connectivity index (χ3n) is 10.5. The Kier molecular flexibility index (Phi) is 8.80. The first-order valence-electron chi connectivity index (χ1n) is 16.7. The molecule has 1 saturated heterocycles. The van der Waals surface area contributed by atoms with E-state index in [1.54, 1.807) is 6.07 Å². The lowest BCUT2D eigenvalue weighted by atomic mass is 9.84. The summed E-state index contributed by atoms with van der Waals surface area (Å²) in [5.74, 6) is -1.43. The lowest BCUT2D eigenvalue weighted by Crippen LogP contribution is -2.42. The quantitative estimate of drug-likeness (QED) is 0.447. The SMILES string of the molecule is CN(c1cc(-n2c3c(c4c2CC(C)(C)CS4(=O)=O)CCC3)cc(F)c1C(N)=O)C1CCC(C(=O)NCCN2CCCCC2)CC1. The summed E-state index contributed by atoms with van der Waals surface area (Å²) >= 11 is 0. The monoisotopic (exact) mass is 641 g/mol. The van der Waals surface area contributed by atoms with Gasteiger partial charge < -0.3 is 25.4 Å². The van der Waals surface area contributed by atoms with Crippen molar-refractivity contribution in [2.75, 3.05) is 43.9 Å². The van der Waals surface area contributed by atoms with Crippen molar-refractivity contribution in [1.29, 1.82) is 0 Å². The van der Waals surface area contributed by atoms with Crippen molar-refractivity contribution in [3.05, 3.63) is 40.5 Å². The molecule has 0 atom stereocenters. The molecule has 4 aliphatic rings. The number of nitrogens with zero attached hydrogens (tertiary/aromatic N) is 3. The number of anilines is 1. The van der Waals surface area contributed by atoms with Gasteiger partial charge in [-0.15, -0.1) is 0 Å². The van der Waals surface area contributed by atoms with E-state index in [-0.39, 0.29) is 29.2 Å². The number of halogens is 1. The van der Waals surface area contributed by atoms with Crippen molar-refractivity contribution < 1.29 is 22.4 Å². The maximum absolute atomic E-state index is 15.9. The zero-order valence-corrected chi connectivity index (χ0v) is 27.8. The topological polar surface area (TPSA) is 118 Å². The molecule has 6 rings (SSSR count). The number of primary amides is 1. The second kappa shape index (κ2) is 12.4. The van der Waals surface area contributed by atoms with Crippen LogP contribution in [0.2, 0.25) is 0 Å². The first kappa shape index (κ1) is 32.0. The molecule has 0 spiro atoms. The van der Waals surface area contributed by atoms with E-state index in [1.165, 1.54) is 25.3 Å². The summed E-state index contributed by atoms with van der Waals surface area (Å²) in [5, 5.41) is 3.14. The third kappa shape index (κ3) is 6.26. The minimum Gasteiger partial charge on any atom is -0.371 e. The number of benzene rings is 1. The Morgan fingerprint density at radius 2 is 1.76 bits per heavy atom. The van der Waals surface area contributed by atoms with Crippen LogP contribution in [0, 0.1) is 17.2 Å². The number of hydrogen-bond donors (Lipinski definition) is 2. The number of nitrogens with two attached hydrogens (primary N) is 1. The maximum atomic E-state index is 15.9. The van der Waals surface area contributed by atoms with E-state index < -0.39 is 27.0 Å². The Hall–Kier alpha value is -2.92. The maximum Gasteiger partial charge on any atom is 0.253 e. The summed E-state index contributed by atoms with van der Waals surface area (Å²) in [4.78, 5) is 30.3. The lowest BCUT2D eigenvalue weighted by Gasteiger charge is -2.37. The van der Waals surface area contributed by atoms with Crippen LogP contribution in [0.1, 0.15) is 92.5 Å². The van der Waals surface area contributed by atoms with Gasteiger partial charge in [0.1, 0.15) is 5.82 Å². The Morgan fingerprint density at radius 1 is 1.04 bits per heavy atom. The number of rotatable bonds is 8. The molecule has 246 valence electrons. The predicted octanol–water partition coefficient (Wildman–Crippen LogP) is 4.16. The highest BCUT2D eigenvalue weighted by Crippen LogP contribution is 2.45. The van der Waals surface area contributed by atoms with Gasteiger partial charge in [-0.3, -0.25) is 9.59 Å². The van der Waals surface area contributed by atoms with Gasteiger partial charge in [-0.25, -0.2) is 12.8 Å². The fourth-order valence-electron chi connectivity index (χ4n) is 8.40. The number of nitrogens with one attached hydrogen (secondary N) is 1. The highest BCUT2D eigenvalue weighted by atomic mass is 32.2. The highest BCUT2D eigenvalue weighted by molar-refractivity contribution is 7.91. The average molecular weight is 642 g/mol. The summed E-state index contributed by atoms with van der Waals surface area (Å²) < 4.78 is 44.8. The first-order chi connectivity index (χ1) is 21.4. The molecule has 2 aliphatic heterocycles. The van der Waals surface area contributed by atoms with Crippen LogP contribution in [0.25, 0.3) is 5.69 Å². The summed E-state index contributed by atoms with van der Waals surface area (Å²) in [6.45, 7) is 7.68. The molecule has 9 nitrogen and oxygen atoms in total. The highest BCUT2D eigenvalue weighted by Gasteiger charge is 2.43. The van der Waals surface area contributed by atoms with Crippen LogP contribution in [-0.2, 0) is 33.9 Å². The molecule has 2 aliphatic carbocycles. The van der Waals surface area contributed by atoms with E-state index in [0.717, 1.165) is 50.2 Å². The van der Waals surface area contributed by atoms with Crippen LogP contribution in [0.5, 0.6) is 0 Å². The van der Waals surface area contributed by atoms with Gasteiger partial charge in [0, 0.05) is 43.5 Å². The summed E-state index contributed by atoms with van der Waals surface area (Å²) in [6, 6.07) is 3.13. The second-order valence-corrected chi connectivity index (χ2v) is 16.4. The Labute approximate surface area is 266 Å². The summed E-state index contributed by atoms with van der Waals surface area (Å²) in [7, 11) is -1.64. The van der Waals surface area contributed by atoms with Crippen LogP contribution in [0.3, 0.4) is 0 Å². The molecule has 11 heteroatoms. The molecule has 3 heterocycles. The molecular formula is C34H48FN5O4S. The fourth-order valence-corrected chi connectivity index (χ4v) is 10.8. The Morgan fingerprint density at radius 3 is 2.44 bits per heavy atom. The number of sulfone groups is 1. The minimum absolute atomic E-state index is 0.00115. The van der Waals surface area contributed by atoms with Crippen molar-refractivity contribution in [2.45, 2.75) is 95.4 Å². The molecule has 3 N–H and O–H groups in total. The second-order valence-electron chi connectivity index (χ2n) is 14.5. The van der Waals surface area contributed by atoms with E-state index in [9.17, 15) is 18.0 Å². The molecule has 1 aromatic carbocycles. The number of piperidine rings is 1. The van der Waals surface area contributed by atoms with Gasteiger partial charge in [-0.1, -0.05) is 20.3 Å². The van der Waals surface area contributed by atoms with Crippen LogP contribution >= 0.6 is 0 Å². The third-order valence-corrected chi connectivity index (χ3v) is 12.8. The molecule has 0 bridgehead atoms. The van der Waals surface area contributed by atoms with E-state index in [1.807, 2.05) is 30.4 Å². The zero-order chi connectivity index (χ0) is 32.1. The Balaban J connectivity index is 1.24. The van der Waals surface area contributed by atoms with E-state index in [0.29, 0.717) is 60.6 Å². The van der Waals surface area contributed by atoms with Crippen molar-refractivity contribution in [2.24, 2.45) is 17.1 Å². The fraction of sp³-hybridized carbons (Fsp3) is 0.647. The van der Waals surface area contributed by atoms with Gasteiger partial charge in [0.15, 0.2) is 9.84 Å². The number of aromatic nitrogens is 1. The Bertz CT molecular complexity index is 1590. The van der Waals surface area contributed by atoms with Crippen LogP contribution in [-0.4, -0.2) is 74.7 Å². The van der Waals surface area contributed by atoms with E-state index in [2.05, 4.69) is 10.2 Å². The number of fused-ring (bicyclic) bond motifs is 3. The number of likely N-dealkylation sites (tertiary alicyclic amines) is 1. The molecule has 1 saturated carbocycles. The summed E-state index contributed by atoms with van der Waals surface area (Å²) in [6.07, 6.45) is 9.43.